The van der Waals surface area contributed by atoms with E-state index in [9.17, 15) is 18.0 Å². The summed E-state index contributed by atoms with van der Waals surface area (Å²) in [6.07, 6.45) is 6.39. The molecule has 1 unspecified atom stereocenters. The van der Waals surface area contributed by atoms with Crippen molar-refractivity contribution >= 4 is 17.9 Å². The largest absolute Gasteiger partial charge is 0.416 e. The zero-order valence-electron chi connectivity index (χ0n) is 24.9. The number of alkyl halides is 3. The van der Waals surface area contributed by atoms with Crippen LogP contribution < -0.4 is 10.2 Å². The maximum Gasteiger partial charge on any atom is 0.416 e. The topological polar surface area (TPSA) is 47.9 Å². The van der Waals surface area contributed by atoms with E-state index in [0.717, 1.165) is 56.2 Å². The third-order valence-corrected chi connectivity index (χ3v) is 8.48. The van der Waals surface area contributed by atoms with Crippen LogP contribution in [0.3, 0.4) is 0 Å². The summed E-state index contributed by atoms with van der Waals surface area (Å²) in [6.45, 7) is 6.55. The van der Waals surface area contributed by atoms with E-state index in [4.69, 9.17) is 0 Å². The number of likely N-dealkylation sites (N-methyl/N-ethyl adjacent to an activating group) is 1. The number of anilines is 1. The molecule has 41 heavy (non-hydrogen) atoms. The summed E-state index contributed by atoms with van der Waals surface area (Å²) in [7, 11) is 3.72. The van der Waals surface area contributed by atoms with Crippen molar-refractivity contribution in [1.29, 1.82) is 0 Å². The van der Waals surface area contributed by atoms with Crippen molar-refractivity contribution in [3.63, 3.8) is 0 Å². The zero-order chi connectivity index (χ0) is 29.8. The van der Waals surface area contributed by atoms with Crippen LogP contribution in [0.25, 0.3) is 0 Å². The van der Waals surface area contributed by atoms with Crippen LogP contribution >= 0.6 is 0 Å². The number of hydrogen-bond acceptors (Lipinski definition) is 3. The van der Waals surface area contributed by atoms with Gasteiger partial charge in [-0.3, -0.25) is 9.79 Å². The van der Waals surface area contributed by atoms with E-state index in [1.807, 2.05) is 36.2 Å². The molecule has 4 rings (SSSR count). The highest BCUT2D eigenvalue weighted by molar-refractivity contribution is 6.10. The smallest absolute Gasteiger partial charge is 0.339 e. The van der Waals surface area contributed by atoms with Crippen LogP contribution in [0.5, 0.6) is 0 Å². The number of allylic oxidation sites excluding steroid dienone is 2. The second-order valence-electron chi connectivity index (χ2n) is 11.6. The second-order valence-corrected chi connectivity index (χ2v) is 11.6. The molecule has 1 aliphatic carbocycles. The Kier molecular flexibility index (Phi) is 9.62. The van der Waals surface area contributed by atoms with Gasteiger partial charge in [-0.2, -0.15) is 13.2 Å². The molecule has 0 spiro atoms. The van der Waals surface area contributed by atoms with Gasteiger partial charge in [-0.15, -0.1) is 0 Å². The molecular weight excluding hydrogens is 525 g/mol. The van der Waals surface area contributed by atoms with Crippen LogP contribution in [0, 0.1) is 0 Å². The Labute approximate surface area is 242 Å². The summed E-state index contributed by atoms with van der Waals surface area (Å²) in [5.74, 6) is -0.321. The summed E-state index contributed by atoms with van der Waals surface area (Å²) in [5, 5.41) is 3.40. The van der Waals surface area contributed by atoms with Gasteiger partial charge in [-0.25, -0.2) is 0 Å². The normalized spacial score (nSPS) is 17.6. The molecule has 1 amide bonds. The first-order valence-corrected chi connectivity index (χ1v) is 14.8. The summed E-state index contributed by atoms with van der Waals surface area (Å²) >= 11 is 0. The number of halogens is 3. The zero-order valence-corrected chi connectivity index (χ0v) is 24.9. The SMILES string of the molecule is CC/C=C(\C(CCCC)c1cccc(N2Cc3c(cc(CNC4(C)CCC4)cc3C(F)(F)F)C2=O)c1)N(C)C=NC. The molecule has 0 aromatic heterocycles. The van der Waals surface area contributed by atoms with Gasteiger partial charge in [-0.1, -0.05) is 44.9 Å². The lowest BCUT2D eigenvalue weighted by molar-refractivity contribution is -0.138. The molecule has 0 bridgehead atoms. The lowest BCUT2D eigenvalue weighted by Gasteiger charge is -2.39. The highest BCUT2D eigenvalue weighted by Crippen LogP contribution is 2.41. The molecule has 1 N–H and O–H groups in total. The average Bonchev–Trinajstić information content (AvgIpc) is 3.25. The van der Waals surface area contributed by atoms with Gasteiger partial charge in [0.15, 0.2) is 0 Å². The highest BCUT2D eigenvalue weighted by atomic mass is 19.4. The molecule has 2 aromatic carbocycles. The number of hydrogen-bond donors (Lipinski definition) is 1. The van der Waals surface area contributed by atoms with Crippen LogP contribution in [0.15, 0.2) is 53.2 Å². The fraction of sp³-hybridized carbons (Fsp3) is 0.515. The van der Waals surface area contributed by atoms with Crippen molar-refractivity contribution < 1.29 is 18.0 Å². The van der Waals surface area contributed by atoms with Gasteiger partial charge in [0.2, 0.25) is 0 Å². The number of fused-ring (bicyclic) bond motifs is 1. The monoisotopic (exact) mass is 568 g/mol. The molecule has 8 heteroatoms. The van der Waals surface area contributed by atoms with Crippen LogP contribution in [-0.2, 0) is 19.3 Å². The first-order chi connectivity index (χ1) is 19.5. The molecule has 1 aliphatic heterocycles. The van der Waals surface area contributed by atoms with E-state index >= 15 is 0 Å². The van der Waals surface area contributed by atoms with E-state index in [0.29, 0.717) is 17.8 Å². The number of amides is 1. The van der Waals surface area contributed by atoms with Gasteiger partial charge in [0, 0.05) is 49.0 Å². The summed E-state index contributed by atoms with van der Waals surface area (Å²) < 4.78 is 42.7. The number of carbonyl (C=O) groups is 1. The van der Waals surface area contributed by atoms with Gasteiger partial charge >= 0.3 is 6.18 Å². The lowest BCUT2D eigenvalue weighted by Crippen LogP contribution is -2.47. The molecule has 5 nitrogen and oxygen atoms in total. The first-order valence-electron chi connectivity index (χ1n) is 14.8. The van der Waals surface area contributed by atoms with Gasteiger partial charge in [0.1, 0.15) is 0 Å². The van der Waals surface area contributed by atoms with E-state index in [-0.39, 0.29) is 35.0 Å². The van der Waals surface area contributed by atoms with Crippen LogP contribution in [0.2, 0.25) is 0 Å². The van der Waals surface area contributed by atoms with E-state index < -0.39 is 11.7 Å². The molecular formula is C33H43F3N4O. The molecule has 1 saturated carbocycles. The molecule has 2 aliphatic rings. The number of carbonyl (C=O) groups excluding carboxylic acids is 1. The quantitative estimate of drug-likeness (QED) is 0.208. The minimum Gasteiger partial charge on any atom is -0.339 e. The first kappa shape index (κ1) is 30.8. The van der Waals surface area contributed by atoms with Gasteiger partial charge < -0.3 is 15.1 Å². The van der Waals surface area contributed by atoms with Crippen LogP contribution in [-0.4, -0.2) is 36.8 Å². The van der Waals surface area contributed by atoms with Crippen LogP contribution in [0.4, 0.5) is 18.9 Å². The Morgan fingerprint density at radius 3 is 2.59 bits per heavy atom. The summed E-state index contributed by atoms with van der Waals surface area (Å²) in [4.78, 5) is 21.4. The third-order valence-electron chi connectivity index (χ3n) is 8.48. The summed E-state index contributed by atoms with van der Waals surface area (Å²) in [5.41, 5.74) is 2.69. The van der Waals surface area contributed by atoms with Crippen molar-refractivity contribution in [2.45, 2.75) is 96.4 Å². The Morgan fingerprint density at radius 2 is 1.98 bits per heavy atom. The number of nitrogens with zero attached hydrogens (tertiary/aromatic N) is 3. The standard InChI is InChI=1S/C33H43F3N4O/c1-6-8-14-26(30(11-7-2)39(5)22-37-4)24-12-9-13-25(19-24)40-21-28-27(31(40)41)17-23(18-29(28)33(34,35)36)20-38-32(3)15-10-16-32/h9,11-13,17-19,22,26,38H,6-8,10,14-16,20-21H2,1-5H3/b30-11+,37-22?. The predicted octanol–water partition coefficient (Wildman–Crippen LogP) is 8.06. The van der Waals surface area contributed by atoms with Crippen molar-refractivity contribution in [3.8, 4) is 0 Å². The minimum atomic E-state index is -4.55. The molecule has 1 fully saturated rings. The fourth-order valence-corrected chi connectivity index (χ4v) is 6.02. The van der Waals surface area contributed by atoms with Gasteiger partial charge in [-0.05, 0) is 80.0 Å². The Morgan fingerprint density at radius 1 is 1.22 bits per heavy atom. The highest BCUT2D eigenvalue weighted by Gasteiger charge is 2.41. The molecule has 1 heterocycles. The average molecular weight is 569 g/mol. The minimum absolute atomic E-state index is 0.0513. The Hall–Kier alpha value is -3.13. The number of unbranched alkanes of at least 4 members (excludes halogenated alkanes) is 1. The van der Waals surface area contributed by atoms with Crippen molar-refractivity contribution in [2.24, 2.45) is 4.99 Å². The molecule has 2 aromatic rings. The Bertz CT molecular complexity index is 1300. The number of benzene rings is 2. The van der Waals surface area contributed by atoms with Crippen LogP contribution in [0.1, 0.15) is 104 Å². The van der Waals surface area contributed by atoms with Gasteiger partial charge in [0.05, 0.1) is 18.4 Å². The Balaban J connectivity index is 1.68. The molecule has 0 saturated heterocycles. The number of aliphatic imine (C=N–C) groups is 1. The predicted molar refractivity (Wildman–Crippen MR) is 160 cm³/mol. The van der Waals surface area contributed by atoms with Crippen molar-refractivity contribution in [2.75, 3.05) is 19.0 Å². The molecule has 1 atom stereocenters. The maximum atomic E-state index is 14.2. The van der Waals surface area contributed by atoms with Gasteiger partial charge in [0.25, 0.3) is 5.91 Å². The van der Waals surface area contributed by atoms with E-state index in [2.05, 4.69) is 37.2 Å². The maximum absolute atomic E-state index is 14.2. The van der Waals surface area contributed by atoms with E-state index in [1.54, 1.807) is 19.5 Å². The van der Waals surface area contributed by atoms with Crippen molar-refractivity contribution in [3.05, 3.63) is 76.0 Å². The summed E-state index contributed by atoms with van der Waals surface area (Å²) in [6, 6.07) is 10.6. The second kappa shape index (κ2) is 12.8. The van der Waals surface area contributed by atoms with E-state index in [1.165, 1.54) is 11.0 Å². The fourth-order valence-electron chi connectivity index (χ4n) is 6.02. The molecule has 222 valence electrons. The lowest BCUT2D eigenvalue weighted by atomic mass is 9.78. The number of rotatable bonds is 12. The molecule has 0 radical (unpaired) electrons. The number of nitrogens with one attached hydrogen (secondary N) is 1. The van der Waals surface area contributed by atoms with Crippen molar-refractivity contribution in [1.82, 2.24) is 10.2 Å². The third kappa shape index (κ3) is 6.85.